The highest BCUT2D eigenvalue weighted by atomic mass is 79.9. The Morgan fingerprint density at radius 1 is 1.11 bits per heavy atom. The predicted molar refractivity (Wildman–Crippen MR) is 154 cm³/mol. The highest BCUT2D eigenvalue weighted by Gasteiger charge is 2.22. The van der Waals surface area contributed by atoms with Crippen LogP contribution in [0.3, 0.4) is 0 Å². The van der Waals surface area contributed by atoms with Gasteiger partial charge >= 0.3 is 5.97 Å². The Morgan fingerprint density at radius 2 is 1.92 bits per heavy atom. The first-order valence-electron chi connectivity index (χ1n) is 12.1. The summed E-state index contributed by atoms with van der Waals surface area (Å²) in [5, 5.41) is 11.3. The largest absolute Gasteiger partial charge is 0.479 e. The number of carbonyl (C=O) groups is 1. The molecule has 4 rings (SSSR count). The summed E-state index contributed by atoms with van der Waals surface area (Å²) in [5.41, 5.74) is 10.9. The molecular weight excluding hydrogens is 552 g/mol. The number of carboxylic acid groups (broad SMARTS) is 1. The van der Waals surface area contributed by atoms with Crippen molar-refractivity contribution in [2.24, 2.45) is 5.73 Å². The van der Waals surface area contributed by atoms with Crippen molar-refractivity contribution in [3.63, 3.8) is 0 Å². The van der Waals surface area contributed by atoms with E-state index in [1.54, 1.807) is 6.07 Å². The van der Waals surface area contributed by atoms with Crippen LogP contribution in [0.15, 0.2) is 77.3 Å². The van der Waals surface area contributed by atoms with Crippen LogP contribution in [0.2, 0.25) is 5.02 Å². The van der Waals surface area contributed by atoms with E-state index < -0.39 is 18.1 Å². The molecule has 5 nitrogen and oxygen atoms in total. The molecule has 0 aliphatic carbocycles. The molecule has 2 atom stereocenters. The summed E-state index contributed by atoms with van der Waals surface area (Å²) in [6.45, 7) is 2.02. The molecular formula is C30H28BrClN2O3. The molecule has 1 heterocycles. The van der Waals surface area contributed by atoms with E-state index in [9.17, 15) is 9.90 Å². The molecule has 0 spiro atoms. The Hall–Kier alpha value is -3.19. The summed E-state index contributed by atoms with van der Waals surface area (Å²) in [5.74, 6) is -0.508. The molecule has 4 aromatic rings. The summed E-state index contributed by atoms with van der Waals surface area (Å²) in [6, 6.07) is 22.5. The van der Waals surface area contributed by atoms with Crippen LogP contribution >= 0.6 is 27.5 Å². The highest BCUT2D eigenvalue weighted by Crippen LogP contribution is 2.33. The van der Waals surface area contributed by atoms with Crippen molar-refractivity contribution in [1.29, 1.82) is 0 Å². The molecule has 190 valence electrons. The van der Waals surface area contributed by atoms with Crippen molar-refractivity contribution in [3.05, 3.63) is 105 Å². The quantitative estimate of drug-likeness (QED) is 0.199. The number of nitrogens with two attached hydrogens (primary N) is 1. The van der Waals surface area contributed by atoms with Crippen LogP contribution in [-0.2, 0) is 4.79 Å². The Balaban J connectivity index is 1.59. The molecule has 0 amide bonds. The average Bonchev–Trinajstić information content (AvgIpc) is 2.89. The third-order valence-electron chi connectivity index (χ3n) is 6.06. The number of ether oxygens (including phenoxy) is 1. The van der Waals surface area contributed by atoms with Crippen molar-refractivity contribution in [1.82, 2.24) is 4.98 Å². The number of benzene rings is 3. The van der Waals surface area contributed by atoms with E-state index in [1.807, 2.05) is 85.8 Å². The van der Waals surface area contributed by atoms with Crippen LogP contribution in [0.5, 0.6) is 5.75 Å². The van der Waals surface area contributed by atoms with Crippen molar-refractivity contribution >= 4 is 56.6 Å². The molecule has 0 saturated heterocycles. The molecule has 2 unspecified atom stereocenters. The van der Waals surface area contributed by atoms with Gasteiger partial charge in [-0.05, 0) is 72.5 Å². The second kappa shape index (κ2) is 12.4. The molecule has 1 aromatic heterocycles. The third-order valence-corrected chi connectivity index (χ3v) is 6.79. The van der Waals surface area contributed by atoms with Crippen molar-refractivity contribution in [3.8, 4) is 5.75 Å². The number of carboxylic acids is 1. The highest BCUT2D eigenvalue weighted by molar-refractivity contribution is 9.10. The molecule has 0 bridgehead atoms. The molecule has 3 N–H and O–H groups in total. The van der Waals surface area contributed by atoms with Crippen molar-refractivity contribution in [2.45, 2.75) is 38.3 Å². The van der Waals surface area contributed by atoms with E-state index in [4.69, 9.17) is 22.1 Å². The van der Waals surface area contributed by atoms with Gasteiger partial charge in [0.1, 0.15) is 5.75 Å². The maximum absolute atomic E-state index is 11.8. The van der Waals surface area contributed by atoms with Gasteiger partial charge in [-0.15, -0.1) is 0 Å². The summed E-state index contributed by atoms with van der Waals surface area (Å²) in [7, 11) is 0. The van der Waals surface area contributed by atoms with Gasteiger partial charge in [0.2, 0.25) is 0 Å². The number of hydrogen-bond acceptors (Lipinski definition) is 4. The SMILES string of the molecule is CCCCC(Oc1ccc(Br)cc1C(N)c1cccc(/C=C/c2ccc3ccc(Cl)cc3n2)c1)C(=O)O. The Bertz CT molecular complexity index is 1440. The van der Waals surface area contributed by atoms with Crippen LogP contribution < -0.4 is 10.5 Å². The van der Waals surface area contributed by atoms with E-state index in [-0.39, 0.29) is 0 Å². The number of unbranched alkanes of at least 4 members (excludes halogenated alkanes) is 1. The van der Waals surface area contributed by atoms with Crippen LogP contribution in [0.25, 0.3) is 23.1 Å². The van der Waals surface area contributed by atoms with Crippen molar-refractivity contribution < 1.29 is 14.6 Å². The van der Waals surface area contributed by atoms with Crippen LogP contribution in [0.4, 0.5) is 0 Å². The van der Waals surface area contributed by atoms with E-state index in [0.717, 1.165) is 45.0 Å². The minimum Gasteiger partial charge on any atom is -0.479 e. The minimum atomic E-state index is -0.979. The Kier molecular flexibility index (Phi) is 8.98. The predicted octanol–water partition coefficient (Wildman–Crippen LogP) is 7.89. The number of nitrogens with zero attached hydrogens (tertiary/aromatic N) is 1. The lowest BCUT2D eigenvalue weighted by Gasteiger charge is -2.21. The molecule has 0 aliphatic heterocycles. The first kappa shape index (κ1) is 26.9. The van der Waals surface area contributed by atoms with Crippen LogP contribution in [0, 0.1) is 0 Å². The van der Waals surface area contributed by atoms with E-state index in [2.05, 4.69) is 20.9 Å². The molecule has 37 heavy (non-hydrogen) atoms. The molecule has 0 radical (unpaired) electrons. The van der Waals surface area contributed by atoms with E-state index in [1.165, 1.54) is 0 Å². The number of aliphatic carboxylic acids is 1. The monoisotopic (exact) mass is 578 g/mol. The van der Waals surface area contributed by atoms with Gasteiger partial charge in [-0.1, -0.05) is 77.3 Å². The van der Waals surface area contributed by atoms with E-state index >= 15 is 0 Å². The zero-order chi connectivity index (χ0) is 26.4. The van der Waals surface area contributed by atoms with Crippen LogP contribution in [0.1, 0.15) is 54.6 Å². The normalized spacial score (nSPS) is 13.1. The zero-order valence-electron chi connectivity index (χ0n) is 20.4. The summed E-state index contributed by atoms with van der Waals surface area (Å²) in [6.07, 6.45) is 5.10. The van der Waals surface area contributed by atoms with Gasteiger partial charge in [0.05, 0.1) is 17.3 Å². The van der Waals surface area contributed by atoms with Crippen molar-refractivity contribution in [2.75, 3.05) is 0 Å². The summed E-state index contributed by atoms with van der Waals surface area (Å²) in [4.78, 5) is 16.4. The third kappa shape index (κ3) is 6.98. The standard InChI is InChI=1S/C30H28BrClN2O3/c1-2-3-7-28(30(35)36)37-27-15-11-22(31)17-25(27)29(33)21-6-4-5-19(16-21)8-13-24-14-10-20-9-12-23(32)18-26(20)34-24/h4-6,8-18,28-29H,2-3,7,33H2,1H3,(H,35,36)/b13-8+. The average molecular weight is 580 g/mol. The molecule has 0 fully saturated rings. The summed E-state index contributed by atoms with van der Waals surface area (Å²) < 4.78 is 6.79. The number of fused-ring (bicyclic) bond motifs is 1. The van der Waals surface area contributed by atoms with Gasteiger partial charge in [0.15, 0.2) is 6.10 Å². The number of halogens is 2. The number of aromatic nitrogens is 1. The van der Waals surface area contributed by atoms with Gasteiger partial charge < -0.3 is 15.6 Å². The number of rotatable bonds is 10. The topological polar surface area (TPSA) is 85.4 Å². The Labute approximate surface area is 230 Å². The second-order valence-corrected chi connectivity index (χ2v) is 10.2. The smallest absolute Gasteiger partial charge is 0.344 e. The fourth-order valence-electron chi connectivity index (χ4n) is 4.06. The van der Waals surface area contributed by atoms with Gasteiger partial charge in [-0.2, -0.15) is 0 Å². The number of pyridine rings is 1. The van der Waals surface area contributed by atoms with Crippen LogP contribution in [-0.4, -0.2) is 22.2 Å². The van der Waals surface area contributed by atoms with Gasteiger partial charge in [-0.25, -0.2) is 9.78 Å². The van der Waals surface area contributed by atoms with Gasteiger partial charge in [0.25, 0.3) is 0 Å². The molecule has 3 aromatic carbocycles. The lowest BCUT2D eigenvalue weighted by Crippen LogP contribution is -2.28. The number of hydrogen-bond donors (Lipinski definition) is 2. The van der Waals surface area contributed by atoms with Gasteiger partial charge in [0, 0.05) is 20.4 Å². The fraction of sp³-hybridized carbons (Fsp3) is 0.200. The maximum atomic E-state index is 11.8. The van der Waals surface area contributed by atoms with E-state index in [0.29, 0.717) is 22.8 Å². The first-order valence-corrected chi connectivity index (χ1v) is 13.3. The van der Waals surface area contributed by atoms with Gasteiger partial charge in [-0.3, -0.25) is 0 Å². The second-order valence-electron chi connectivity index (χ2n) is 8.82. The lowest BCUT2D eigenvalue weighted by molar-refractivity contribution is -0.145. The lowest BCUT2D eigenvalue weighted by atomic mass is 9.97. The summed E-state index contributed by atoms with van der Waals surface area (Å²) >= 11 is 9.62. The fourth-order valence-corrected chi connectivity index (χ4v) is 4.61. The molecule has 0 saturated carbocycles. The Morgan fingerprint density at radius 3 is 2.70 bits per heavy atom. The molecule has 7 heteroatoms. The first-order chi connectivity index (χ1) is 17.8. The zero-order valence-corrected chi connectivity index (χ0v) is 22.7. The maximum Gasteiger partial charge on any atom is 0.344 e. The minimum absolute atomic E-state index is 0.436. The molecule has 0 aliphatic rings.